The van der Waals surface area contributed by atoms with Crippen LogP contribution in [0, 0.1) is 0 Å². The minimum Gasteiger partial charge on any atom is -0.478 e. The largest absolute Gasteiger partial charge is 0.478 e. The van der Waals surface area contributed by atoms with Crippen LogP contribution in [0.5, 0.6) is 0 Å². The molecule has 22 heavy (non-hydrogen) atoms. The maximum atomic E-state index is 11.3. The van der Waals surface area contributed by atoms with Gasteiger partial charge in [-0.2, -0.15) is 0 Å². The van der Waals surface area contributed by atoms with Gasteiger partial charge in [0.2, 0.25) is 0 Å². The van der Waals surface area contributed by atoms with Crippen LogP contribution >= 0.6 is 0 Å². The lowest BCUT2D eigenvalue weighted by molar-refractivity contribution is 0.0696. The number of allylic oxidation sites excluding steroid dienone is 1. The molecule has 0 bridgehead atoms. The van der Waals surface area contributed by atoms with Crippen molar-refractivity contribution in [1.29, 1.82) is 0 Å². The highest BCUT2D eigenvalue weighted by Gasteiger charge is 2.08. The summed E-state index contributed by atoms with van der Waals surface area (Å²) in [5, 5.41) is 9.27. The number of rotatable bonds is 5. The molecule has 0 heterocycles. The number of carboxylic acids is 1. The topological polar surface area (TPSA) is 37.3 Å². The molecule has 1 N–H and O–H groups in total. The van der Waals surface area contributed by atoms with Crippen LogP contribution in [0.2, 0.25) is 0 Å². The number of benzene rings is 2. The molecule has 0 radical (unpaired) electrons. The van der Waals surface area contributed by atoms with Crippen LogP contribution < -0.4 is 0 Å². The molecule has 0 aliphatic rings. The van der Waals surface area contributed by atoms with Crippen LogP contribution in [0.15, 0.2) is 42.5 Å². The molecule has 2 aromatic rings. The van der Waals surface area contributed by atoms with Gasteiger partial charge in [0.25, 0.3) is 0 Å². The van der Waals surface area contributed by atoms with E-state index in [9.17, 15) is 9.90 Å². The molecule has 0 saturated heterocycles. The first kappa shape index (κ1) is 16.0. The highest BCUT2D eigenvalue weighted by molar-refractivity contribution is 5.95. The molecule has 114 valence electrons. The van der Waals surface area contributed by atoms with E-state index in [1.807, 2.05) is 25.1 Å². The number of aromatic carboxylic acids is 1. The van der Waals surface area contributed by atoms with Crippen molar-refractivity contribution in [2.45, 2.75) is 33.6 Å². The zero-order valence-corrected chi connectivity index (χ0v) is 13.4. The van der Waals surface area contributed by atoms with Gasteiger partial charge >= 0.3 is 5.97 Å². The quantitative estimate of drug-likeness (QED) is 0.782. The Hall–Kier alpha value is -2.35. The van der Waals surface area contributed by atoms with E-state index in [4.69, 9.17) is 0 Å². The first-order valence-corrected chi connectivity index (χ1v) is 7.69. The van der Waals surface area contributed by atoms with E-state index in [-0.39, 0.29) is 0 Å². The molecule has 0 saturated carbocycles. The number of carbonyl (C=O) groups is 1. The van der Waals surface area contributed by atoms with Crippen molar-refractivity contribution in [1.82, 2.24) is 0 Å². The maximum Gasteiger partial charge on any atom is 0.336 e. The van der Waals surface area contributed by atoms with Crippen molar-refractivity contribution >= 4 is 17.6 Å². The molecule has 2 heteroatoms. The van der Waals surface area contributed by atoms with Gasteiger partial charge in [-0.15, -0.1) is 0 Å². The summed E-state index contributed by atoms with van der Waals surface area (Å²) >= 11 is 0. The molecule has 0 aromatic heterocycles. The summed E-state index contributed by atoms with van der Waals surface area (Å²) in [6.45, 7) is 6.36. The molecule has 2 rings (SSSR count). The van der Waals surface area contributed by atoms with Gasteiger partial charge in [-0.1, -0.05) is 56.3 Å². The van der Waals surface area contributed by atoms with Crippen LogP contribution in [0.3, 0.4) is 0 Å². The summed E-state index contributed by atoms with van der Waals surface area (Å²) in [5.74, 6) is -0.893. The van der Waals surface area contributed by atoms with Crippen LogP contribution in [0.1, 0.15) is 53.4 Å². The molecule has 2 nitrogen and oxygen atoms in total. The summed E-state index contributed by atoms with van der Waals surface area (Å²) in [7, 11) is 0. The van der Waals surface area contributed by atoms with Crippen molar-refractivity contribution in [2.24, 2.45) is 0 Å². The minimum atomic E-state index is -0.893. The zero-order chi connectivity index (χ0) is 16.1. The minimum absolute atomic E-state index is 0.336. The predicted octanol–water partition coefficient (Wildman–Crippen LogP) is 5.07. The molecule has 0 spiro atoms. The molecular formula is C20H22O2. The van der Waals surface area contributed by atoms with E-state index in [0.717, 1.165) is 29.5 Å². The Kier molecular flexibility index (Phi) is 5.16. The van der Waals surface area contributed by atoms with E-state index in [0.29, 0.717) is 5.56 Å². The van der Waals surface area contributed by atoms with E-state index in [1.54, 1.807) is 12.1 Å². The average molecular weight is 294 g/mol. The lowest BCUT2D eigenvalue weighted by atomic mass is 9.95. The van der Waals surface area contributed by atoms with Crippen LogP contribution in [0.4, 0.5) is 0 Å². The third-order valence-corrected chi connectivity index (χ3v) is 3.99. The standard InChI is InChI=1S/C20H22O2/c1-4-15-10-11-17(13-16(15)5-2)14(3)12-18-8-6-7-9-19(18)20(21)22/h6-13H,4-5H2,1-3H3,(H,21,22). The van der Waals surface area contributed by atoms with E-state index < -0.39 is 5.97 Å². The maximum absolute atomic E-state index is 11.3. The second-order valence-corrected chi connectivity index (χ2v) is 5.41. The van der Waals surface area contributed by atoms with Crippen molar-refractivity contribution in [2.75, 3.05) is 0 Å². The smallest absolute Gasteiger partial charge is 0.336 e. The van der Waals surface area contributed by atoms with E-state index >= 15 is 0 Å². The van der Waals surface area contributed by atoms with E-state index in [1.165, 1.54) is 11.1 Å². The Morgan fingerprint density at radius 3 is 2.36 bits per heavy atom. The van der Waals surface area contributed by atoms with Crippen LogP contribution in [-0.2, 0) is 12.8 Å². The van der Waals surface area contributed by atoms with Gasteiger partial charge in [-0.3, -0.25) is 0 Å². The van der Waals surface area contributed by atoms with Crippen molar-refractivity contribution in [3.63, 3.8) is 0 Å². The lowest BCUT2D eigenvalue weighted by Gasteiger charge is -2.10. The van der Waals surface area contributed by atoms with Crippen molar-refractivity contribution in [3.05, 3.63) is 70.3 Å². The highest BCUT2D eigenvalue weighted by atomic mass is 16.4. The first-order valence-electron chi connectivity index (χ1n) is 7.69. The Labute approximate surface area is 132 Å². The second kappa shape index (κ2) is 7.08. The highest BCUT2D eigenvalue weighted by Crippen LogP contribution is 2.23. The monoisotopic (exact) mass is 294 g/mol. The summed E-state index contributed by atoms with van der Waals surface area (Å²) in [6.07, 6.45) is 3.99. The van der Waals surface area contributed by atoms with Crippen molar-refractivity contribution < 1.29 is 9.90 Å². The van der Waals surface area contributed by atoms with Gasteiger partial charge in [0.05, 0.1) is 5.56 Å². The lowest BCUT2D eigenvalue weighted by Crippen LogP contribution is -1.99. The summed E-state index contributed by atoms with van der Waals surface area (Å²) in [4.78, 5) is 11.3. The van der Waals surface area contributed by atoms with Crippen LogP contribution in [-0.4, -0.2) is 11.1 Å². The van der Waals surface area contributed by atoms with Gasteiger partial charge in [0, 0.05) is 0 Å². The molecule has 0 aliphatic heterocycles. The van der Waals surface area contributed by atoms with Gasteiger partial charge < -0.3 is 5.11 Å². The summed E-state index contributed by atoms with van der Waals surface area (Å²) < 4.78 is 0. The number of hydrogen-bond donors (Lipinski definition) is 1. The Bertz CT molecular complexity index is 711. The predicted molar refractivity (Wildman–Crippen MR) is 92.1 cm³/mol. The van der Waals surface area contributed by atoms with E-state index in [2.05, 4.69) is 32.0 Å². The van der Waals surface area contributed by atoms with Crippen LogP contribution in [0.25, 0.3) is 11.6 Å². The third-order valence-electron chi connectivity index (χ3n) is 3.99. The average Bonchev–Trinajstić information content (AvgIpc) is 2.54. The zero-order valence-electron chi connectivity index (χ0n) is 13.4. The Balaban J connectivity index is 2.44. The van der Waals surface area contributed by atoms with Gasteiger partial charge in [-0.25, -0.2) is 4.79 Å². The number of aryl methyl sites for hydroxylation is 2. The SMILES string of the molecule is CCc1ccc(C(C)=Cc2ccccc2C(=O)O)cc1CC. The first-order chi connectivity index (χ1) is 10.6. The second-order valence-electron chi connectivity index (χ2n) is 5.41. The fourth-order valence-corrected chi connectivity index (χ4v) is 2.68. The number of hydrogen-bond acceptors (Lipinski definition) is 1. The fraction of sp³-hybridized carbons (Fsp3) is 0.250. The molecule has 0 amide bonds. The molecular weight excluding hydrogens is 272 g/mol. The molecule has 0 fully saturated rings. The van der Waals surface area contributed by atoms with Gasteiger partial charge in [-0.05, 0) is 53.7 Å². The molecule has 0 atom stereocenters. The summed E-state index contributed by atoms with van der Waals surface area (Å²) in [6, 6.07) is 13.6. The summed E-state index contributed by atoms with van der Waals surface area (Å²) in [5.41, 5.74) is 6.04. The fourth-order valence-electron chi connectivity index (χ4n) is 2.68. The molecule has 0 unspecified atom stereocenters. The van der Waals surface area contributed by atoms with Gasteiger partial charge in [0.1, 0.15) is 0 Å². The Morgan fingerprint density at radius 1 is 1.05 bits per heavy atom. The van der Waals surface area contributed by atoms with Gasteiger partial charge in [0.15, 0.2) is 0 Å². The molecule has 0 aliphatic carbocycles. The normalized spacial score (nSPS) is 11.5. The Morgan fingerprint density at radius 2 is 1.73 bits per heavy atom. The van der Waals surface area contributed by atoms with Crippen molar-refractivity contribution in [3.8, 4) is 0 Å². The molecule has 2 aromatic carbocycles. The third kappa shape index (κ3) is 3.45. The number of carboxylic acid groups (broad SMARTS) is 1.